The summed E-state index contributed by atoms with van der Waals surface area (Å²) in [6.07, 6.45) is -0.360. The average Bonchev–Trinajstić information content (AvgIpc) is 3.58. The molecule has 4 aliphatic rings. The topological polar surface area (TPSA) is 119 Å². The molecule has 1 aromatic carbocycles. The average molecular weight is 652 g/mol. The van der Waals surface area contributed by atoms with Crippen LogP contribution < -0.4 is 10.6 Å². The Bertz CT molecular complexity index is 1860. The van der Waals surface area contributed by atoms with Crippen LogP contribution in [0.2, 0.25) is 0 Å². The first-order valence-electron chi connectivity index (χ1n) is 15.7. The first-order valence-corrected chi connectivity index (χ1v) is 16.5. The third kappa shape index (κ3) is 5.30. The number of aliphatic hydroxyl groups is 1. The van der Waals surface area contributed by atoms with Crippen molar-refractivity contribution >= 4 is 44.2 Å². The van der Waals surface area contributed by atoms with E-state index in [0.29, 0.717) is 21.7 Å². The zero-order chi connectivity index (χ0) is 32.4. The number of aryl methyl sites for hydroxylation is 1. The molecule has 0 unspecified atom stereocenters. The van der Waals surface area contributed by atoms with E-state index in [1.54, 1.807) is 6.07 Å². The molecule has 3 aliphatic carbocycles. The largest absolute Gasteiger partial charge is 0.393 e. The Labute approximate surface area is 268 Å². The smallest absolute Gasteiger partial charge is 0.387 e. The number of piperidine rings is 1. The Morgan fingerprint density at radius 1 is 1.20 bits per heavy atom. The zero-order valence-electron chi connectivity index (χ0n) is 25.7. The number of aromatic nitrogens is 3. The second kappa shape index (κ2) is 11.2. The first kappa shape index (κ1) is 30.9. The SMILES string of the molecule is Cc1c(CN2CCC(Nc3ncnc4sc(CC(F)(F)F)cc34)CC2)ccc2c1cc(C#N)n2CC12CC(NC(=O)CO)(C1)[C@H]2C. The summed E-state index contributed by atoms with van der Waals surface area (Å²) in [7, 11) is 0. The van der Waals surface area contributed by atoms with E-state index in [-0.39, 0.29) is 33.7 Å². The van der Waals surface area contributed by atoms with Gasteiger partial charge in [0, 0.05) is 53.5 Å². The quantitative estimate of drug-likeness (QED) is 0.225. The van der Waals surface area contributed by atoms with E-state index in [9.17, 15) is 23.2 Å². The maximum atomic E-state index is 12.9. The molecule has 8 rings (SSSR count). The third-order valence-corrected chi connectivity index (χ3v) is 11.8. The molecule has 1 aliphatic heterocycles. The fourth-order valence-corrected chi connectivity index (χ4v) is 9.18. The Kier molecular flexibility index (Phi) is 7.53. The van der Waals surface area contributed by atoms with E-state index in [4.69, 9.17) is 5.11 Å². The van der Waals surface area contributed by atoms with Crippen molar-refractivity contribution in [3.63, 3.8) is 0 Å². The molecule has 46 heavy (non-hydrogen) atoms. The number of likely N-dealkylation sites (tertiary alicyclic amines) is 1. The standard InChI is InChI=1S/C33H36F3N7O2S/c1-19-21(3-4-27-25(19)9-23(12-37)43(27)17-31-15-32(16-31,20(31)2)41-28(45)14-44)13-42-7-5-22(6-8-42)40-29-26-10-24(11-33(34,35)36)46-30(26)39-18-38-29/h3-4,9-10,18,20,22,44H,5-8,11,13-17H2,1-2H3,(H,41,45)(H,38,39,40)/t20-,31?,32?/m0/s1. The van der Waals surface area contributed by atoms with Crippen molar-refractivity contribution in [2.75, 3.05) is 25.0 Å². The minimum atomic E-state index is -4.26. The zero-order valence-corrected chi connectivity index (χ0v) is 26.6. The number of amides is 1. The van der Waals surface area contributed by atoms with Gasteiger partial charge in [-0.15, -0.1) is 11.3 Å². The van der Waals surface area contributed by atoms with Crippen molar-refractivity contribution in [1.82, 2.24) is 24.8 Å². The highest BCUT2D eigenvalue weighted by Crippen LogP contribution is 2.72. The molecular formula is C33H36F3N7O2S. The summed E-state index contributed by atoms with van der Waals surface area (Å²) in [5, 5.41) is 27.4. The number of carbonyl (C=O) groups excluding carboxylic acids is 1. The number of aliphatic hydroxyl groups excluding tert-OH is 1. The monoisotopic (exact) mass is 651 g/mol. The number of carbonyl (C=O) groups is 1. The highest BCUT2D eigenvalue weighted by atomic mass is 32.1. The maximum absolute atomic E-state index is 12.9. The summed E-state index contributed by atoms with van der Waals surface area (Å²) in [6, 6.07) is 10.4. The Morgan fingerprint density at radius 2 is 1.96 bits per heavy atom. The van der Waals surface area contributed by atoms with E-state index < -0.39 is 19.2 Å². The number of hydrogen-bond acceptors (Lipinski definition) is 8. The van der Waals surface area contributed by atoms with E-state index >= 15 is 0 Å². The van der Waals surface area contributed by atoms with Crippen LogP contribution in [0.5, 0.6) is 0 Å². The summed E-state index contributed by atoms with van der Waals surface area (Å²) in [5.74, 6) is 0.528. The molecule has 242 valence electrons. The number of alkyl halides is 3. The van der Waals surface area contributed by atoms with E-state index in [0.717, 1.165) is 74.1 Å². The van der Waals surface area contributed by atoms with Crippen LogP contribution in [0.1, 0.15) is 54.3 Å². The van der Waals surface area contributed by atoms with Crippen LogP contribution in [0.4, 0.5) is 19.0 Å². The van der Waals surface area contributed by atoms with Crippen molar-refractivity contribution in [2.24, 2.45) is 11.3 Å². The number of thiophene rings is 1. The number of rotatable bonds is 9. The molecule has 4 fully saturated rings. The molecular weight excluding hydrogens is 615 g/mol. The van der Waals surface area contributed by atoms with Crippen molar-refractivity contribution in [3.8, 4) is 6.07 Å². The van der Waals surface area contributed by atoms with Crippen LogP contribution in [0.25, 0.3) is 21.1 Å². The van der Waals surface area contributed by atoms with Gasteiger partial charge in [-0.3, -0.25) is 9.69 Å². The lowest BCUT2D eigenvalue weighted by Crippen LogP contribution is -2.81. The number of fused-ring (bicyclic) bond motifs is 2. The Morgan fingerprint density at radius 3 is 2.63 bits per heavy atom. The van der Waals surface area contributed by atoms with Crippen LogP contribution in [0.15, 0.2) is 30.6 Å². The van der Waals surface area contributed by atoms with Gasteiger partial charge in [0.05, 0.1) is 11.8 Å². The van der Waals surface area contributed by atoms with Crippen LogP contribution in [-0.2, 0) is 24.3 Å². The van der Waals surface area contributed by atoms with Gasteiger partial charge in [0.15, 0.2) is 0 Å². The number of nitrogens with zero attached hydrogens (tertiary/aromatic N) is 5. The van der Waals surface area contributed by atoms with E-state index in [2.05, 4.69) is 62.1 Å². The van der Waals surface area contributed by atoms with Gasteiger partial charge in [-0.25, -0.2) is 9.97 Å². The summed E-state index contributed by atoms with van der Waals surface area (Å²) in [6.45, 7) is 7.02. The van der Waals surface area contributed by atoms with Crippen LogP contribution in [-0.4, -0.2) is 67.9 Å². The molecule has 9 nitrogen and oxygen atoms in total. The van der Waals surface area contributed by atoms with Crippen LogP contribution in [0.3, 0.4) is 0 Å². The maximum Gasteiger partial charge on any atom is 0.393 e. The summed E-state index contributed by atoms with van der Waals surface area (Å²) in [5.41, 5.74) is 3.89. The molecule has 1 amide bonds. The van der Waals surface area contributed by atoms with Crippen molar-refractivity contribution in [1.29, 1.82) is 5.26 Å². The molecule has 4 heterocycles. The molecule has 3 saturated carbocycles. The van der Waals surface area contributed by atoms with Crippen LogP contribution in [0, 0.1) is 29.6 Å². The minimum Gasteiger partial charge on any atom is -0.387 e. The van der Waals surface area contributed by atoms with Gasteiger partial charge < -0.3 is 20.3 Å². The molecule has 4 aromatic rings. The molecule has 0 spiro atoms. The molecule has 3 N–H and O–H groups in total. The van der Waals surface area contributed by atoms with Gasteiger partial charge in [0.1, 0.15) is 35.3 Å². The number of halogens is 3. The van der Waals surface area contributed by atoms with Gasteiger partial charge in [0.25, 0.3) is 0 Å². The third-order valence-electron chi connectivity index (χ3n) is 10.7. The molecule has 13 heteroatoms. The van der Waals surface area contributed by atoms with Gasteiger partial charge in [0.2, 0.25) is 5.91 Å². The highest BCUT2D eigenvalue weighted by molar-refractivity contribution is 7.18. The van der Waals surface area contributed by atoms with Gasteiger partial charge in [-0.1, -0.05) is 13.0 Å². The van der Waals surface area contributed by atoms with Gasteiger partial charge in [-0.2, -0.15) is 18.4 Å². The van der Waals surface area contributed by atoms with Crippen molar-refractivity contribution in [2.45, 2.75) is 76.8 Å². The number of anilines is 1. The lowest BCUT2D eigenvalue weighted by atomic mass is 9.33. The van der Waals surface area contributed by atoms with Crippen molar-refractivity contribution < 1.29 is 23.1 Å². The summed E-state index contributed by atoms with van der Waals surface area (Å²) in [4.78, 5) is 23.6. The Hall–Kier alpha value is -3.73. The molecule has 3 aromatic heterocycles. The Balaban J connectivity index is 0.999. The lowest BCUT2D eigenvalue weighted by Gasteiger charge is -2.76. The number of hydrogen-bond donors (Lipinski definition) is 3. The highest BCUT2D eigenvalue weighted by Gasteiger charge is 2.74. The molecule has 0 radical (unpaired) electrons. The predicted molar refractivity (Wildman–Crippen MR) is 169 cm³/mol. The van der Waals surface area contributed by atoms with Crippen LogP contribution >= 0.6 is 11.3 Å². The number of nitrogens with one attached hydrogen (secondary N) is 2. The fourth-order valence-electron chi connectivity index (χ4n) is 8.15. The minimum absolute atomic E-state index is 0.0393. The normalized spacial score (nSPS) is 24.8. The second-order valence-corrected chi connectivity index (χ2v) is 14.6. The molecule has 2 bridgehead atoms. The first-order chi connectivity index (χ1) is 21.9. The van der Waals surface area contributed by atoms with Gasteiger partial charge in [-0.05, 0) is 73.3 Å². The lowest BCUT2D eigenvalue weighted by molar-refractivity contribution is -0.228. The fraction of sp³-hybridized carbons (Fsp3) is 0.515. The number of nitriles is 1. The van der Waals surface area contributed by atoms with Gasteiger partial charge >= 0.3 is 6.18 Å². The van der Waals surface area contributed by atoms with E-state index in [1.165, 1.54) is 17.5 Å². The predicted octanol–water partition coefficient (Wildman–Crippen LogP) is 5.28. The summed E-state index contributed by atoms with van der Waals surface area (Å²) >= 11 is 1.06. The van der Waals surface area contributed by atoms with Crippen molar-refractivity contribution in [3.05, 3.63) is 52.3 Å². The van der Waals surface area contributed by atoms with E-state index in [1.807, 2.05) is 6.07 Å². The molecule has 1 saturated heterocycles. The summed E-state index contributed by atoms with van der Waals surface area (Å²) < 4.78 is 40.9. The second-order valence-electron chi connectivity index (χ2n) is 13.5. The number of benzene rings is 1. The molecule has 1 atom stereocenters.